The summed E-state index contributed by atoms with van der Waals surface area (Å²) in [5.74, 6) is -0.124. The summed E-state index contributed by atoms with van der Waals surface area (Å²) in [5, 5.41) is 6.02. The van der Waals surface area contributed by atoms with Gasteiger partial charge in [0, 0.05) is 29.1 Å². The van der Waals surface area contributed by atoms with Gasteiger partial charge in [-0.2, -0.15) is 0 Å². The number of rotatable bonds is 5. The molecule has 0 spiro atoms. The number of fused-ring (bicyclic) bond motifs is 2. The Labute approximate surface area is 184 Å². The first-order valence-corrected chi connectivity index (χ1v) is 10.9. The largest absolute Gasteiger partial charge is 0.356 e. The third-order valence-corrected chi connectivity index (χ3v) is 7.00. The number of ketones is 1. The van der Waals surface area contributed by atoms with Crippen molar-refractivity contribution in [3.63, 3.8) is 0 Å². The van der Waals surface area contributed by atoms with Crippen molar-refractivity contribution in [3.8, 4) is 11.3 Å². The molecule has 1 aromatic carbocycles. The van der Waals surface area contributed by atoms with Crippen LogP contribution >= 0.6 is 0 Å². The minimum atomic E-state index is -1.77. The van der Waals surface area contributed by atoms with Crippen molar-refractivity contribution in [2.24, 2.45) is 11.3 Å². The van der Waals surface area contributed by atoms with Crippen LogP contribution in [0.15, 0.2) is 48.7 Å². The molecule has 162 valence electrons. The number of amides is 1. The Hall–Kier alpha value is -3.48. The van der Waals surface area contributed by atoms with Crippen LogP contribution in [0, 0.1) is 11.3 Å². The molecule has 2 fully saturated rings. The van der Waals surface area contributed by atoms with Crippen molar-refractivity contribution >= 4 is 28.9 Å². The molecule has 3 aliphatic rings. The molecule has 32 heavy (non-hydrogen) atoms. The van der Waals surface area contributed by atoms with Crippen molar-refractivity contribution in [3.05, 3.63) is 59.9 Å². The van der Waals surface area contributed by atoms with E-state index in [1.807, 2.05) is 36.4 Å². The van der Waals surface area contributed by atoms with Crippen molar-refractivity contribution in [1.82, 2.24) is 9.97 Å². The van der Waals surface area contributed by atoms with Crippen LogP contribution in [0.4, 0.5) is 21.6 Å². The highest BCUT2D eigenvalue weighted by Gasteiger charge is 2.58. The molecule has 7 heteroatoms. The lowest BCUT2D eigenvalue weighted by atomic mass is 9.87. The van der Waals surface area contributed by atoms with Crippen LogP contribution in [0.1, 0.15) is 42.2 Å². The number of pyridine rings is 1. The molecule has 2 aromatic heterocycles. The first kappa shape index (κ1) is 19.2. The van der Waals surface area contributed by atoms with Crippen molar-refractivity contribution < 1.29 is 14.0 Å². The smallest absolute Gasteiger partial charge is 0.263 e. The number of carbonyl (C=O) groups is 2. The van der Waals surface area contributed by atoms with Gasteiger partial charge >= 0.3 is 0 Å². The topological polar surface area (TPSA) is 86.9 Å². The maximum absolute atomic E-state index is 14.1. The monoisotopic (exact) mass is 430 g/mol. The molecule has 2 heterocycles. The number of alkyl halides is 1. The molecular formula is C25H23FN4O2. The Morgan fingerprint density at radius 3 is 2.75 bits per heavy atom. The predicted molar refractivity (Wildman–Crippen MR) is 120 cm³/mol. The average Bonchev–Trinajstić information content (AvgIpc) is 3.66. The van der Waals surface area contributed by atoms with E-state index in [9.17, 15) is 14.0 Å². The quantitative estimate of drug-likeness (QED) is 0.530. The van der Waals surface area contributed by atoms with Gasteiger partial charge in [-0.05, 0) is 55.4 Å². The molecule has 3 N–H and O–H groups in total. The van der Waals surface area contributed by atoms with Gasteiger partial charge in [0.1, 0.15) is 5.82 Å². The van der Waals surface area contributed by atoms with E-state index in [1.165, 1.54) is 0 Å². The number of carbonyl (C=O) groups excluding carboxylic acids is 2. The van der Waals surface area contributed by atoms with E-state index < -0.39 is 11.6 Å². The summed E-state index contributed by atoms with van der Waals surface area (Å²) in [6, 6.07) is 13.2. The van der Waals surface area contributed by atoms with E-state index in [0.29, 0.717) is 5.56 Å². The van der Waals surface area contributed by atoms with Gasteiger partial charge in [-0.3, -0.25) is 9.59 Å². The normalized spacial score (nSPS) is 24.3. The number of nitrogens with one attached hydrogen (secondary N) is 3. The summed E-state index contributed by atoms with van der Waals surface area (Å²) in [7, 11) is 0. The van der Waals surface area contributed by atoms with Crippen molar-refractivity contribution in [2.45, 2.75) is 38.3 Å². The van der Waals surface area contributed by atoms with Gasteiger partial charge in [-0.25, -0.2) is 9.37 Å². The van der Waals surface area contributed by atoms with E-state index >= 15 is 0 Å². The highest BCUT2D eigenvalue weighted by atomic mass is 19.1. The van der Waals surface area contributed by atoms with Crippen molar-refractivity contribution in [1.29, 1.82) is 0 Å². The van der Waals surface area contributed by atoms with Gasteiger partial charge in [0.15, 0.2) is 11.5 Å². The molecule has 0 bridgehead atoms. The van der Waals surface area contributed by atoms with Gasteiger partial charge in [-0.15, -0.1) is 0 Å². The molecule has 0 aliphatic heterocycles. The van der Waals surface area contributed by atoms with Crippen LogP contribution in [0.3, 0.4) is 0 Å². The number of hydrogen-bond acceptors (Lipinski definition) is 4. The van der Waals surface area contributed by atoms with Crippen molar-refractivity contribution in [2.75, 3.05) is 10.6 Å². The first-order valence-electron chi connectivity index (χ1n) is 10.9. The second-order valence-corrected chi connectivity index (χ2v) is 9.52. The number of anilines is 3. The number of Topliss-reactive ketones (excluding diaryl/α,β-unsaturated/α-hetero) is 1. The van der Waals surface area contributed by atoms with E-state index in [2.05, 4.69) is 27.5 Å². The van der Waals surface area contributed by atoms with E-state index in [0.717, 1.165) is 41.2 Å². The lowest BCUT2D eigenvalue weighted by Crippen LogP contribution is -2.25. The summed E-state index contributed by atoms with van der Waals surface area (Å²) in [5.41, 5.74) is 3.05. The predicted octanol–water partition coefficient (Wildman–Crippen LogP) is 5.03. The van der Waals surface area contributed by atoms with Gasteiger partial charge in [-0.1, -0.05) is 25.1 Å². The number of aromatic nitrogens is 2. The Morgan fingerprint density at radius 1 is 1.22 bits per heavy atom. The number of halogens is 1. The van der Waals surface area contributed by atoms with Gasteiger partial charge in [0.25, 0.3) is 5.91 Å². The fraction of sp³-hybridized carbons (Fsp3) is 0.320. The number of benzene rings is 1. The summed E-state index contributed by atoms with van der Waals surface area (Å²) in [4.78, 5) is 33.1. The standard InChI is InChI=1S/C25H23FN4O2/c1-24-12-16(24)22(31)19-17(13-24)29-20(21(19)28-15-5-3-2-4-6-15)14-7-10-27-18(11-14)30-23(32)25(26)8-9-25/h2-7,10-11,16,28-29H,8-9,12-13H2,1H3,(H,27,30,32). The Balaban J connectivity index is 1.42. The zero-order chi connectivity index (χ0) is 22.1. The third-order valence-electron chi connectivity index (χ3n) is 7.00. The Kier molecular flexibility index (Phi) is 3.91. The maximum atomic E-state index is 14.1. The summed E-state index contributed by atoms with van der Waals surface area (Å²) < 4.78 is 14.1. The molecule has 3 aliphatic carbocycles. The first-order chi connectivity index (χ1) is 15.4. The molecule has 1 amide bonds. The highest BCUT2D eigenvalue weighted by Crippen LogP contribution is 2.60. The molecule has 3 aromatic rings. The molecule has 6 nitrogen and oxygen atoms in total. The van der Waals surface area contributed by atoms with Crippen LogP contribution < -0.4 is 10.6 Å². The van der Waals surface area contributed by atoms with Gasteiger partial charge < -0.3 is 15.6 Å². The fourth-order valence-corrected chi connectivity index (χ4v) is 4.77. The number of aromatic amines is 1. The third kappa shape index (κ3) is 3.03. The lowest BCUT2D eigenvalue weighted by molar-refractivity contribution is -0.122. The highest BCUT2D eigenvalue weighted by molar-refractivity contribution is 6.10. The lowest BCUT2D eigenvalue weighted by Gasteiger charge is -2.18. The van der Waals surface area contributed by atoms with E-state index in [1.54, 1.807) is 12.3 Å². The number of nitrogens with zero attached hydrogens (tertiary/aromatic N) is 1. The van der Waals surface area contributed by atoms with Crippen LogP contribution in [0.2, 0.25) is 0 Å². The second kappa shape index (κ2) is 6.51. The Bertz CT molecular complexity index is 1260. The summed E-state index contributed by atoms with van der Waals surface area (Å²) in [6.07, 6.45) is 3.81. The number of hydrogen-bond donors (Lipinski definition) is 3. The van der Waals surface area contributed by atoms with Gasteiger partial charge in [0.2, 0.25) is 0 Å². The minimum Gasteiger partial charge on any atom is -0.356 e. The SMILES string of the molecule is CC12Cc3[nH]c(-c4ccnc(NC(=O)C5(F)CC5)c4)c(Nc4ccccc4)c3C(=O)C1C2. The molecule has 2 unspecified atom stereocenters. The zero-order valence-corrected chi connectivity index (χ0v) is 17.7. The minimum absolute atomic E-state index is 0.0350. The second-order valence-electron chi connectivity index (χ2n) is 9.52. The molecule has 0 saturated heterocycles. The van der Waals surface area contributed by atoms with Crippen LogP contribution in [-0.4, -0.2) is 27.3 Å². The summed E-state index contributed by atoms with van der Waals surface area (Å²) in [6.45, 7) is 2.16. The average molecular weight is 430 g/mol. The fourth-order valence-electron chi connectivity index (χ4n) is 4.77. The van der Waals surface area contributed by atoms with Crippen LogP contribution in [0.5, 0.6) is 0 Å². The van der Waals surface area contributed by atoms with E-state index in [-0.39, 0.29) is 35.8 Å². The molecule has 2 saturated carbocycles. The van der Waals surface area contributed by atoms with E-state index in [4.69, 9.17) is 0 Å². The van der Waals surface area contributed by atoms with Crippen LogP contribution in [0.25, 0.3) is 11.3 Å². The Morgan fingerprint density at radius 2 is 2.00 bits per heavy atom. The zero-order valence-electron chi connectivity index (χ0n) is 17.7. The maximum Gasteiger partial charge on any atom is 0.263 e. The molecule has 0 radical (unpaired) electrons. The summed E-state index contributed by atoms with van der Waals surface area (Å²) >= 11 is 0. The number of para-hydroxylation sites is 1. The molecule has 2 atom stereocenters. The molecular weight excluding hydrogens is 407 g/mol. The van der Waals surface area contributed by atoms with Gasteiger partial charge in [0.05, 0.1) is 16.9 Å². The molecule has 6 rings (SSSR count). The number of H-pyrrole nitrogens is 1. The van der Waals surface area contributed by atoms with Crippen LogP contribution in [-0.2, 0) is 11.2 Å².